The molecule has 0 saturated heterocycles. The van der Waals surface area contributed by atoms with E-state index in [0.29, 0.717) is 11.4 Å². The maximum atomic E-state index is 13.8. The fourth-order valence-corrected chi connectivity index (χ4v) is 4.14. The second-order valence-electron chi connectivity index (χ2n) is 8.53. The molecular weight excluding hydrogens is 471 g/mol. The van der Waals surface area contributed by atoms with E-state index in [1.165, 1.54) is 6.07 Å². The van der Waals surface area contributed by atoms with Crippen LogP contribution in [0.2, 0.25) is 5.02 Å². The van der Waals surface area contributed by atoms with E-state index in [4.69, 9.17) is 17.3 Å². The van der Waals surface area contributed by atoms with Crippen LogP contribution in [0.3, 0.4) is 0 Å². The molecule has 2 unspecified atom stereocenters. The molecule has 186 valence electrons. The van der Waals surface area contributed by atoms with E-state index in [9.17, 15) is 22.8 Å². The maximum absolute atomic E-state index is 13.8. The minimum atomic E-state index is -4.50. The lowest BCUT2D eigenvalue weighted by Gasteiger charge is -2.29. The first kappa shape index (κ1) is 27.5. The number of hydrogen-bond acceptors (Lipinski definition) is 4. The van der Waals surface area contributed by atoms with Crippen molar-refractivity contribution in [2.45, 2.75) is 37.9 Å². The number of amides is 2. The highest BCUT2D eigenvalue weighted by Gasteiger charge is 2.68. The first-order chi connectivity index (χ1) is 15.9. The molecule has 0 bridgehead atoms. The highest BCUT2D eigenvalue weighted by atomic mass is 35.5. The number of rotatable bonds is 11. The van der Waals surface area contributed by atoms with Gasteiger partial charge in [-0.05, 0) is 57.8 Å². The number of nitrogens with one attached hydrogen (secondary N) is 1. The Balaban J connectivity index is 2.13. The van der Waals surface area contributed by atoms with Crippen molar-refractivity contribution < 1.29 is 22.8 Å². The summed E-state index contributed by atoms with van der Waals surface area (Å²) in [6.45, 7) is 6.91. The molecule has 1 aromatic carbocycles. The topological polar surface area (TPSA) is 100 Å². The zero-order chi connectivity index (χ0) is 25.7. The molecule has 0 radical (unpaired) electrons. The lowest BCUT2D eigenvalue weighted by molar-refractivity contribution is -0.196. The Kier molecular flexibility index (Phi) is 9.02. The summed E-state index contributed by atoms with van der Waals surface area (Å²) in [6.07, 6.45) is -3.60. The number of carbonyl (C=O) groups excluding carboxylic acids is 2. The van der Waals surface area contributed by atoms with E-state index in [-0.39, 0.29) is 36.8 Å². The number of halogens is 4. The Morgan fingerprint density at radius 1 is 1.35 bits per heavy atom. The Morgan fingerprint density at radius 2 is 2.00 bits per heavy atom. The van der Waals surface area contributed by atoms with Gasteiger partial charge in [0.15, 0.2) is 0 Å². The van der Waals surface area contributed by atoms with Gasteiger partial charge in [0.05, 0.1) is 5.41 Å². The average molecular weight is 500 g/mol. The lowest BCUT2D eigenvalue weighted by Crippen LogP contribution is -2.44. The molecule has 11 heteroatoms. The molecule has 2 rings (SSSR count). The van der Waals surface area contributed by atoms with Crippen LogP contribution >= 0.6 is 11.6 Å². The monoisotopic (exact) mass is 499 g/mol. The summed E-state index contributed by atoms with van der Waals surface area (Å²) in [7, 11) is 3.62. The van der Waals surface area contributed by atoms with Crippen molar-refractivity contribution in [1.29, 1.82) is 0 Å². The Labute approximate surface area is 202 Å². The normalized spacial score (nSPS) is 17.1. The van der Waals surface area contributed by atoms with Crippen LogP contribution in [0.1, 0.15) is 35.2 Å². The van der Waals surface area contributed by atoms with Crippen molar-refractivity contribution in [1.82, 2.24) is 10.2 Å². The molecule has 1 aromatic rings. The van der Waals surface area contributed by atoms with E-state index in [2.05, 4.69) is 28.6 Å². The number of amidine groups is 1. The summed E-state index contributed by atoms with van der Waals surface area (Å²) < 4.78 is 41.4. The number of nitrogens with two attached hydrogens (primary N) is 1. The van der Waals surface area contributed by atoms with Gasteiger partial charge in [-0.1, -0.05) is 24.2 Å². The zero-order valence-electron chi connectivity index (χ0n) is 19.2. The van der Waals surface area contributed by atoms with Gasteiger partial charge in [0.2, 0.25) is 11.8 Å². The van der Waals surface area contributed by atoms with Crippen molar-refractivity contribution in [3.05, 3.63) is 47.1 Å². The third kappa shape index (κ3) is 6.44. The van der Waals surface area contributed by atoms with Gasteiger partial charge in [-0.2, -0.15) is 13.2 Å². The molecule has 1 aliphatic rings. The summed E-state index contributed by atoms with van der Waals surface area (Å²) >= 11 is 6.28. The van der Waals surface area contributed by atoms with Crippen LogP contribution < -0.4 is 11.1 Å². The number of nitrogens with zero attached hydrogens (tertiary/aromatic N) is 3. The molecule has 0 aromatic heterocycles. The van der Waals surface area contributed by atoms with Crippen molar-refractivity contribution >= 4 is 36.0 Å². The predicted octanol–water partition coefficient (Wildman–Crippen LogP) is 3.62. The number of primary amides is 1. The van der Waals surface area contributed by atoms with Crippen LogP contribution in [0.15, 0.2) is 41.0 Å². The van der Waals surface area contributed by atoms with Crippen molar-refractivity contribution in [3.63, 3.8) is 0 Å². The van der Waals surface area contributed by atoms with Gasteiger partial charge in [0.1, 0.15) is 5.84 Å². The van der Waals surface area contributed by atoms with Crippen molar-refractivity contribution in [2.75, 3.05) is 20.6 Å². The van der Waals surface area contributed by atoms with Gasteiger partial charge in [-0.25, -0.2) is 9.98 Å². The summed E-state index contributed by atoms with van der Waals surface area (Å²) in [4.78, 5) is 33.4. The second kappa shape index (κ2) is 11.1. The molecule has 0 heterocycles. The predicted molar refractivity (Wildman–Crippen MR) is 127 cm³/mol. The first-order valence-corrected chi connectivity index (χ1v) is 11.0. The second-order valence-corrected chi connectivity index (χ2v) is 8.94. The van der Waals surface area contributed by atoms with Gasteiger partial charge in [0, 0.05) is 41.7 Å². The average Bonchev–Trinajstić information content (AvgIpc) is 3.56. The maximum Gasteiger partial charge on any atom is 0.395 e. The van der Waals surface area contributed by atoms with Crippen LogP contribution in [0, 0.1) is 11.3 Å². The van der Waals surface area contributed by atoms with Gasteiger partial charge in [-0.3, -0.25) is 9.59 Å². The molecule has 3 N–H and O–H groups in total. The van der Waals surface area contributed by atoms with E-state index in [0.717, 1.165) is 11.8 Å². The first-order valence-electron chi connectivity index (χ1n) is 10.6. The number of likely N-dealkylation sites (N-methyl/N-ethyl adjacent to an activating group) is 1. The SMILES string of the molecule is C=CN=C(N=C)C(CC(=O)NCC(Cc1ccc(C(N)=O)cc1Cl)N(C)C)C1(C(F)(F)F)CC1. The Bertz CT molecular complexity index is 974. The van der Waals surface area contributed by atoms with Crippen LogP contribution in [-0.2, 0) is 11.2 Å². The highest BCUT2D eigenvalue weighted by Crippen LogP contribution is 2.63. The lowest BCUT2D eigenvalue weighted by atomic mass is 9.84. The number of hydrogen-bond donors (Lipinski definition) is 2. The Morgan fingerprint density at radius 3 is 2.44 bits per heavy atom. The number of alkyl halides is 3. The number of aliphatic imine (C=N–C) groups is 2. The van der Waals surface area contributed by atoms with Crippen molar-refractivity contribution in [3.8, 4) is 0 Å². The molecule has 1 saturated carbocycles. The van der Waals surface area contributed by atoms with E-state index < -0.39 is 35.7 Å². The van der Waals surface area contributed by atoms with Crippen LogP contribution in [0.25, 0.3) is 0 Å². The smallest absolute Gasteiger partial charge is 0.366 e. The minimum absolute atomic E-state index is 0.0970. The van der Waals surface area contributed by atoms with E-state index in [1.54, 1.807) is 12.1 Å². The van der Waals surface area contributed by atoms with Crippen LogP contribution in [0.5, 0.6) is 0 Å². The number of carbonyl (C=O) groups is 2. The Hall–Kier alpha value is -2.72. The van der Waals surface area contributed by atoms with E-state index >= 15 is 0 Å². The summed E-state index contributed by atoms with van der Waals surface area (Å²) in [5, 5.41) is 3.09. The largest absolute Gasteiger partial charge is 0.395 e. The van der Waals surface area contributed by atoms with Crippen LogP contribution in [-0.4, -0.2) is 62.1 Å². The van der Waals surface area contributed by atoms with Crippen LogP contribution in [0.4, 0.5) is 13.2 Å². The molecule has 34 heavy (non-hydrogen) atoms. The zero-order valence-corrected chi connectivity index (χ0v) is 19.9. The molecule has 0 spiro atoms. The molecule has 2 atom stereocenters. The summed E-state index contributed by atoms with van der Waals surface area (Å²) in [5.74, 6) is -2.55. The van der Waals surface area contributed by atoms with E-state index in [1.807, 2.05) is 19.0 Å². The van der Waals surface area contributed by atoms with Gasteiger partial charge >= 0.3 is 6.18 Å². The summed E-state index contributed by atoms with van der Waals surface area (Å²) in [5.41, 5.74) is 4.25. The van der Waals surface area contributed by atoms with Gasteiger partial charge in [0.25, 0.3) is 0 Å². The van der Waals surface area contributed by atoms with Gasteiger partial charge < -0.3 is 16.0 Å². The molecule has 0 aliphatic heterocycles. The standard InChI is InChI=1S/C23H29ClF3N5O2/c1-5-30-21(29-2)17(22(8-9-22)23(25,26)27)12-19(33)31-13-16(32(3)4)10-14-6-7-15(20(28)34)11-18(14)24/h5-7,11,16-17H,1-2,8-10,12-13H2,3-4H3,(H2,28,34)(H,31,33). The third-order valence-corrected chi connectivity index (χ3v) is 6.52. The number of benzene rings is 1. The fraction of sp³-hybridized carbons (Fsp3) is 0.478. The molecule has 2 amide bonds. The quantitative estimate of drug-likeness (QED) is 0.359. The van der Waals surface area contributed by atoms with Gasteiger partial charge in [-0.15, -0.1) is 0 Å². The minimum Gasteiger partial charge on any atom is -0.366 e. The molecular formula is C23H29ClF3N5O2. The third-order valence-electron chi connectivity index (χ3n) is 6.17. The highest BCUT2D eigenvalue weighted by molar-refractivity contribution is 6.31. The van der Waals surface area contributed by atoms with Crippen molar-refractivity contribution in [2.24, 2.45) is 27.1 Å². The fourth-order valence-electron chi connectivity index (χ4n) is 3.88. The molecule has 7 nitrogen and oxygen atoms in total. The molecule has 1 aliphatic carbocycles. The summed E-state index contributed by atoms with van der Waals surface area (Å²) in [6, 6.07) is 4.51. The molecule has 1 fully saturated rings.